The molecule has 1 fully saturated rings. The highest BCUT2D eigenvalue weighted by Gasteiger charge is 2.22. The summed E-state index contributed by atoms with van der Waals surface area (Å²) in [5.74, 6) is -0.469. The van der Waals surface area contributed by atoms with Gasteiger partial charge in [0.15, 0.2) is 6.29 Å². The van der Waals surface area contributed by atoms with Gasteiger partial charge in [0.05, 0.1) is 11.7 Å². The van der Waals surface area contributed by atoms with Gasteiger partial charge in [0, 0.05) is 30.9 Å². The number of nitrogens with zero attached hydrogens (tertiary/aromatic N) is 1. The third kappa shape index (κ3) is 3.80. The lowest BCUT2D eigenvalue weighted by atomic mass is 10.1. The van der Waals surface area contributed by atoms with E-state index < -0.39 is 0 Å². The van der Waals surface area contributed by atoms with Crippen LogP contribution in [0.3, 0.4) is 0 Å². The Bertz CT molecular complexity index is 791. The van der Waals surface area contributed by atoms with Crippen LogP contribution in [0.5, 0.6) is 5.75 Å². The number of carbonyl (C=O) groups excluding carboxylic acids is 2. The number of hydrogen-bond acceptors (Lipinski definition) is 5. The second kappa shape index (κ2) is 7.36. The zero-order valence-electron chi connectivity index (χ0n) is 13.7. The number of β-amino-alcohol motifs (C(OH)–C–C–N with tert-alkyl or cyclic N) is 1. The molecule has 1 amide bonds. The van der Waals surface area contributed by atoms with Crippen molar-refractivity contribution >= 4 is 17.9 Å². The smallest absolute Gasteiger partial charge is 0.251 e. The standard InChI is InChI=1S/C19H20N2O4/c22-12-15-9-13(5-6-18(15)24)19(25)20-10-14-3-1-2-4-17(14)21-8-7-16(23)11-21/h1-6,9,12,16,23-24H,7-8,10-11H2,(H,20,25)/t16-/m1/s1. The molecule has 1 aliphatic rings. The molecule has 0 unspecified atom stereocenters. The lowest BCUT2D eigenvalue weighted by Crippen LogP contribution is -2.26. The van der Waals surface area contributed by atoms with Gasteiger partial charge in [-0.25, -0.2) is 0 Å². The molecule has 1 atom stereocenters. The third-order valence-electron chi connectivity index (χ3n) is 4.35. The fraction of sp³-hybridized carbons (Fsp3) is 0.263. The zero-order chi connectivity index (χ0) is 17.8. The summed E-state index contributed by atoms with van der Waals surface area (Å²) >= 11 is 0. The highest BCUT2D eigenvalue weighted by Crippen LogP contribution is 2.25. The maximum absolute atomic E-state index is 12.3. The monoisotopic (exact) mass is 340 g/mol. The molecule has 6 heteroatoms. The predicted octanol–water partition coefficient (Wildman–Crippen LogP) is 1.71. The summed E-state index contributed by atoms with van der Waals surface area (Å²) < 4.78 is 0. The van der Waals surface area contributed by atoms with Crippen LogP contribution in [0.1, 0.15) is 32.7 Å². The number of phenolic OH excluding ortho intramolecular Hbond substituents is 1. The molecule has 1 aliphatic heterocycles. The number of carbonyl (C=O) groups is 2. The van der Waals surface area contributed by atoms with Crippen LogP contribution in [0.2, 0.25) is 0 Å². The van der Waals surface area contributed by atoms with Gasteiger partial charge < -0.3 is 20.4 Å². The topological polar surface area (TPSA) is 89.9 Å². The van der Waals surface area contributed by atoms with E-state index >= 15 is 0 Å². The molecule has 2 aromatic rings. The number of para-hydroxylation sites is 1. The number of anilines is 1. The van der Waals surface area contributed by atoms with Crippen LogP contribution < -0.4 is 10.2 Å². The van der Waals surface area contributed by atoms with Crippen LogP contribution in [-0.2, 0) is 6.54 Å². The van der Waals surface area contributed by atoms with Crippen molar-refractivity contribution in [3.8, 4) is 5.75 Å². The molecule has 1 saturated heterocycles. The molecule has 3 rings (SSSR count). The Morgan fingerprint density at radius 2 is 2.08 bits per heavy atom. The van der Waals surface area contributed by atoms with Gasteiger partial charge in [-0.1, -0.05) is 18.2 Å². The number of hydrogen-bond donors (Lipinski definition) is 3. The minimum atomic E-state index is -0.320. The first kappa shape index (κ1) is 17.0. The summed E-state index contributed by atoms with van der Waals surface area (Å²) in [4.78, 5) is 25.3. The van der Waals surface area contributed by atoms with Crippen LogP contribution >= 0.6 is 0 Å². The Balaban J connectivity index is 1.71. The van der Waals surface area contributed by atoms with E-state index in [1.807, 2.05) is 24.3 Å². The molecule has 25 heavy (non-hydrogen) atoms. The Hall–Kier alpha value is -2.86. The molecule has 0 aliphatic carbocycles. The molecular weight excluding hydrogens is 320 g/mol. The van der Waals surface area contributed by atoms with Crippen molar-refractivity contribution in [2.24, 2.45) is 0 Å². The van der Waals surface area contributed by atoms with E-state index in [2.05, 4.69) is 10.2 Å². The summed E-state index contributed by atoms with van der Waals surface area (Å²) in [6, 6.07) is 11.9. The van der Waals surface area contributed by atoms with Gasteiger partial charge >= 0.3 is 0 Å². The molecule has 0 radical (unpaired) electrons. The molecule has 0 aromatic heterocycles. The Morgan fingerprint density at radius 3 is 2.80 bits per heavy atom. The van der Waals surface area contributed by atoms with Crippen LogP contribution in [0.15, 0.2) is 42.5 Å². The summed E-state index contributed by atoms with van der Waals surface area (Å²) in [7, 11) is 0. The number of rotatable bonds is 5. The quantitative estimate of drug-likeness (QED) is 0.721. The minimum absolute atomic E-state index is 0.0825. The molecule has 130 valence electrons. The fourth-order valence-corrected chi connectivity index (χ4v) is 3.00. The first-order chi connectivity index (χ1) is 12.1. The maximum Gasteiger partial charge on any atom is 0.251 e. The number of aromatic hydroxyl groups is 1. The molecule has 1 heterocycles. The van der Waals surface area contributed by atoms with Gasteiger partial charge in [-0.05, 0) is 36.2 Å². The molecule has 0 spiro atoms. The van der Waals surface area contributed by atoms with Crippen LogP contribution in [0.4, 0.5) is 5.69 Å². The predicted molar refractivity (Wildman–Crippen MR) is 93.9 cm³/mol. The molecular formula is C19H20N2O4. The number of nitrogens with one attached hydrogen (secondary N) is 1. The fourth-order valence-electron chi connectivity index (χ4n) is 3.00. The van der Waals surface area contributed by atoms with E-state index in [0.29, 0.717) is 24.9 Å². The van der Waals surface area contributed by atoms with E-state index in [1.165, 1.54) is 18.2 Å². The van der Waals surface area contributed by atoms with E-state index in [1.54, 1.807) is 0 Å². The SMILES string of the molecule is O=Cc1cc(C(=O)NCc2ccccc2N2CC[C@@H](O)C2)ccc1O. The molecule has 0 bridgehead atoms. The van der Waals surface area contributed by atoms with Crippen molar-refractivity contribution < 1.29 is 19.8 Å². The van der Waals surface area contributed by atoms with E-state index in [9.17, 15) is 19.8 Å². The zero-order valence-corrected chi connectivity index (χ0v) is 13.7. The van der Waals surface area contributed by atoms with Crippen molar-refractivity contribution in [3.63, 3.8) is 0 Å². The van der Waals surface area contributed by atoms with Crippen LogP contribution in [0, 0.1) is 0 Å². The van der Waals surface area contributed by atoms with Gasteiger partial charge in [-0.15, -0.1) is 0 Å². The molecule has 3 N–H and O–H groups in total. The third-order valence-corrected chi connectivity index (χ3v) is 4.35. The van der Waals surface area contributed by atoms with Gasteiger partial charge in [0.2, 0.25) is 0 Å². The van der Waals surface area contributed by atoms with E-state index in [-0.39, 0.29) is 23.3 Å². The highest BCUT2D eigenvalue weighted by atomic mass is 16.3. The number of amides is 1. The molecule has 2 aromatic carbocycles. The van der Waals surface area contributed by atoms with Gasteiger partial charge in [0.25, 0.3) is 5.91 Å². The first-order valence-electron chi connectivity index (χ1n) is 8.16. The lowest BCUT2D eigenvalue weighted by Gasteiger charge is -2.21. The van der Waals surface area contributed by atoms with Gasteiger partial charge in [0.1, 0.15) is 5.75 Å². The van der Waals surface area contributed by atoms with Gasteiger partial charge in [-0.3, -0.25) is 9.59 Å². The number of aliphatic hydroxyl groups is 1. The Kier molecular flexibility index (Phi) is 5.00. The van der Waals surface area contributed by atoms with E-state index in [4.69, 9.17) is 0 Å². The lowest BCUT2D eigenvalue weighted by molar-refractivity contribution is 0.0951. The Labute approximate surface area is 145 Å². The van der Waals surface area contributed by atoms with Crippen molar-refractivity contribution in [3.05, 3.63) is 59.2 Å². The normalized spacial score (nSPS) is 16.7. The summed E-state index contributed by atoms with van der Waals surface area (Å²) in [6.45, 7) is 1.71. The highest BCUT2D eigenvalue weighted by molar-refractivity contribution is 5.96. The number of aldehydes is 1. The van der Waals surface area contributed by atoms with Crippen LogP contribution in [-0.4, -0.2) is 41.6 Å². The molecule has 0 saturated carbocycles. The second-order valence-electron chi connectivity index (χ2n) is 6.09. The first-order valence-corrected chi connectivity index (χ1v) is 8.16. The van der Waals surface area contributed by atoms with Crippen molar-refractivity contribution in [1.29, 1.82) is 0 Å². The summed E-state index contributed by atoms with van der Waals surface area (Å²) in [6.07, 6.45) is 0.935. The average molecular weight is 340 g/mol. The average Bonchev–Trinajstić information content (AvgIpc) is 3.06. The number of phenols is 1. The number of aliphatic hydroxyl groups excluding tert-OH is 1. The summed E-state index contributed by atoms with van der Waals surface area (Å²) in [5.41, 5.74) is 2.35. The molecule has 6 nitrogen and oxygen atoms in total. The van der Waals surface area contributed by atoms with Crippen molar-refractivity contribution in [1.82, 2.24) is 5.32 Å². The second-order valence-corrected chi connectivity index (χ2v) is 6.09. The minimum Gasteiger partial charge on any atom is -0.507 e. The van der Waals surface area contributed by atoms with Crippen molar-refractivity contribution in [2.45, 2.75) is 19.1 Å². The summed E-state index contributed by atoms with van der Waals surface area (Å²) in [5, 5.41) is 22.1. The van der Waals surface area contributed by atoms with E-state index in [0.717, 1.165) is 24.2 Å². The van der Waals surface area contributed by atoms with Crippen molar-refractivity contribution in [2.75, 3.05) is 18.0 Å². The largest absolute Gasteiger partial charge is 0.507 e. The number of benzene rings is 2. The van der Waals surface area contributed by atoms with Crippen LogP contribution in [0.25, 0.3) is 0 Å². The van der Waals surface area contributed by atoms with Gasteiger partial charge in [-0.2, -0.15) is 0 Å². The Morgan fingerprint density at radius 1 is 1.28 bits per heavy atom. The maximum atomic E-state index is 12.3.